The lowest BCUT2D eigenvalue weighted by Crippen LogP contribution is -2.64. The van der Waals surface area contributed by atoms with E-state index in [0.29, 0.717) is 12.3 Å². The fourth-order valence-electron chi connectivity index (χ4n) is 6.61. The van der Waals surface area contributed by atoms with Crippen molar-refractivity contribution in [1.82, 2.24) is 31.9 Å². The molecule has 0 aliphatic carbocycles. The van der Waals surface area contributed by atoms with E-state index in [1.165, 1.54) is 39.5 Å². The first kappa shape index (κ1) is 68.7. The molecule has 1 fully saturated rings. The van der Waals surface area contributed by atoms with Crippen molar-refractivity contribution in [2.75, 3.05) is 96.1 Å². The molecular weight excluding hydrogens is 1020 g/mol. The Bertz CT molecular complexity index is 1650. The highest BCUT2D eigenvalue weighted by molar-refractivity contribution is 7.99. The number of rotatable bonds is 43. The maximum atomic E-state index is 13.3. The molecule has 1 saturated heterocycles. The predicted molar refractivity (Wildman–Crippen MR) is 270 cm³/mol. The summed E-state index contributed by atoms with van der Waals surface area (Å²) in [6.07, 6.45) is -7.54. The average Bonchev–Trinajstić information content (AvgIpc) is 3.35. The van der Waals surface area contributed by atoms with Crippen LogP contribution < -0.4 is 31.9 Å². The second-order valence-electron chi connectivity index (χ2n) is 17.8. The second-order valence-corrected chi connectivity index (χ2v) is 19.8. The molecule has 0 aromatic heterocycles. The minimum Gasteiger partial charge on any atom is -0.394 e. The van der Waals surface area contributed by atoms with E-state index in [-0.39, 0.29) is 126 Å². The van der Waals surface area contributed by atoms with Gasteiger partial charge in [-0.25, -0.2) is 0 Å². The third-order valence-corrected chi connectivity index (χ3v) is 12.4. The van der Waals surface area contributed by atoms with Crippen LogP contribution in [0.25, 0.3) is 0 Å². The average molecular weight is 1110 g/mol. The third kappa shape index (κ3) is 30.4. The van der Waals surface area contributed by atoms with Crippen LogP contribution in [0.2, 0.25) is 0 Å². The van der Waals surface area contributed by atoms with E-state index in [2.05, 4.69) is 31.9 Å². The van der Waals surface area contributed by atoms with Crippen molar-refractivity contribution in [3.8, 4) is 0 Å². The van der Waals surface area contributed by atoms with Crippen molar-refractivity contribution < 1.29 is 97.4 Å². The molecule has 0 radical (unpaired) electrons. The minimum atomic E-state index is -1.48. The number of aliphatic hydroxyl groups is 6. The lowest BCUT2D eigenvalue weighted by Gasteiger charge is -2.42. The van der Waals surface area contributed by atoms with Gasteiger partial charge in [0.2, 0.25) is 35.4 Å². The summed E-state index contributed by atoms with van der Waals surface area (Å²) in [5, 5.41) is 75.7. The standard InChI is InChI=1S/C46H84N6O20S2/c1-7-29(2)19-48-38(61)12-16-67-24-46(52-40(63)10-8-9-30(3)56,25-68-17-13-39(62)49-26-74-28-70-45-41(51-33(6)59)43(65)42(64)36(22-55)72-45)23-66-15-11-37(60)47-14-18-73-27-69-44(34(20-53)50-32(5)58)71-35(21-54)31(4)57/h29,31,34-36,41-45,53-55,57,64-65H,7-28H2,1-6H3,(H,47,60)(H,48,61)(H,49,62)(H,50,58)(H,51,59)(H,52,63)/t29?,31-,34+,35?,36?,41?,42?,43?,44?,45?,46?/m1/s1. The minimum absolute atomic E-state index is 0.000353. The fraction of sp³-hybridized carbons (Fsp3) is 0.848. The van der Waals surface area contributed by atoms with Crippen molar-refractivity contribution in [3.63, 3.8) is 0 Å². The molecule has 430 valence electrons. The van der Waals surface area contributed by atoms with Gasteiger partial charge >= 0.3 is 0 Å². The highest BCUT2D eigenvalue weighted by Gasteiger charge is 2.45. The molecule has 0 aromatic carbocycles. The zero-order valence-corrected chi connectivity index (χ0v) is 45.2. The summed E-state index contributed by atoms with van der Waals surface area (Å²) in [6.45, 7) is 7.43. The van der Waals surface area contributed by atoms with Gasteiger partial charge in [-0.15, -0.1) is 23.5 Å². The summed E-state index contributed by atoms with van der Waals surface area (Å²) < 4.78 is 40.3. The molecule has 0 saturated carbocycles. The predicted octanol–water partition coefficient (Wildman–Crippen LogP) is -2.89. The number of aliphatic hydroxyl groups excluding tert-OH is 6. The lowest BCUT2D eigenvalue weighted by atomic mass is 9.97. The number of ketones is 1. The van der Waals surface area contributed by atoms with Gasteiger partial charge in [0.15, 0.2) is 12.6 Å². The maximum Gasteiger partial charge on any atom is 0.222 e. The van der Waals surface area contributed by atoms with Crippen LogP contribution in [0.15, 0.2) is 0 Å². The molecule has 0 spiro atoms. The van der Waals surface area contributed by atoms with Gasteiger partial charge in [0, 0.05) is 64.8 Å². The Hall–Kier alpha value is -3.33. The summed E-state index contributed by atoms with van der Waals surface area (Å²) >= 11 is 2.37. The number of amides is 6. The molecular formula is C46H84N6O20S2. The van der Waals surface area contributed by atoms with E-state index in [4.69, 9.17) is 33.2 Å². The first-order valence-electron chi connectivity index (χ1n) is 24.6. The van der Waals surface area contributed by atoms with Gasteiger partial charge in [0.1, 0.15) is 47.8 Å². The van der Waals surface area contributed by atoms with Crippen LogP contribution in [0.1, 0.15) is 86.5 Å². The second kappa shape index (κ2) is 40.0. The van der Waals surface area contributed by atoms with E-state index in [1.807, 2.05) is 13.8 Å². The van der Waals surface area contributed by atoms with Gasteiger partial charge in [-0.2, -0.15) is 0 Å². The van der Waals surface area contributed by atoms with Gasteiger partial charge in [0.05, 0.1) is 83.3 Å². The first-order valence-corrected chi connectivity index (χ1v) is 27.0. The van der Waals surface area contributed by atoms with E-state index >= 15 is 0 Å². The quantitative estimate of drug-likeness (QED) is 0.0215. The number of hydrogen-bond donors (Lipinski definition) is 12. The molecule has 12 N–H and O–H groups in total. The number of carbonyl (C=O) groups is 7. The number of ether oxygens (including phenoxy) is 7. The van der Waals surface area contributed by atoms with E-state index in [9.17, 15) is 64.2 Å². The Kier molecular flexibility index (Phi) is 37.1. The summed E-state index contributed by atoms with van der Waals surface area (Å²) in [5.74, 6) is -1.86. The highest BCUT2D eigenvalue weighted by atomic mass is 32.2. The van der Waals surface area contributed by atoms with Crippen LogP contribution in [0.3, 0.4) is 0 Å². The van der Waals surface area contributed by atoms with Gasteiger partial charge in [-0.3, -0.25) is 28.8 Å². The molecule has 28 heteroatoms. The van der Waals surface area contributed by atoms with Crippen LogP contribution in [0.5, 0.6) is 0 Å². The Morgan fingerprint density at radius 3 is 1.86 bits per heavy atom. The topological polar surface area (TPSA) is 378 Å². The number of carbonyl (C=O) groups excluding carboxylic acids is 7. The zero-order chi connectivity index (χ0) is 55.5. The van der Waals surface area contributed by atoms with E-state index in [1.54, 1.807) is 0 Å². The SMILES string of the molecule is CCC(C)CNC(=O)CCOCC(COCCC(=O)NCCSCOC(OC(CO)[C@@H](C)O)[C@H](CO)NC(C)=O)(COCCC(=O)NCSCOC1OC(CO)C(O)C(O)C1NC(C)=O)NC(=O)CCCC(C)=O. The van der Waals surface area contributed by atoms with Crippen molar-refractivity contribution in [2.24, 2.45) is 5.92 Å². The first-order chi connectivity index (χ1) is 35.2. The summed E-state index contributed by atoms with van der Waals surface area (Å²) in [4.78, 5) is 86.4. The summed E-state index contributed by atoms with van der Waals surface area (Å²) in [5.41, 5.74) is -1.38. The van der Waals surface area contributed by atoms with Crippen molar-refractivity contribution in [1.29, 1.82) is 0 Å². The number of hydrogen-bond acceptors (Lipinski definition) is 22. The fourth-order valence-corrected chi connectivity index (χ4v) is 7.79. The Labute approximate surface area is 441 Å². The molecule has 0 bridgehead atoms. The molecule has 1 aliphatic rings. The molecule has 1 rings (SSSR count). The van der Waals surface area contributed by atoms with Gasteiger partial charge < -0.3 is 100 Å². The monoisotopic (exact) mass is 1100 g/mol. The molecule has 6 amide bonds. The van der Waals surface area contributed by atoms with Crippen LogP contribution in [0, 0.1) is 5.92 Å². The van der Waals surface area contributed by atoms with Gasteiger partial charge in [0.25, 0.3) is 0 Å². The molecule has 0 aromatic rings. The van der Waals surface area contributed by atoms with Crippen molar-refractivity contribution >= 4 is 64.8 Å². The Morgan fingerprint density at radius 1 is 0.730 bits per heavy atom. The molecule has 26 nitrogen and oxygen atoms in total. The number of Topliss-reactive ketones (excluding diaryl/α,β-unsaturated/α-hetero) is 1. The molecule has 1 aliphatic heterocycles. The van der Waals surface area contributed by atoms with Crippen LogP contribution in [-0.2, 0) is 66.7 Å². The largest absolute Gasteiger partial charge is 0.394 e. The zero-order valence-electron chi connectivity index (χ0n) is 43.5. The van der Waals surface area contributed by atoms with Crippen molar-refractivity contribution in [3.05, 3.63) is 0 Å². The summed E-state index contributed by atoms with van der Waals surface area (Å²) in [7, 11) is 0. The molecule has 74 heavy (non-hydrogen) atoms. The normalized spacial score (nSPS) is 20.5. The summed E-state index contributed by atoms with van der Waals surface area (Å²) in [6, 6.07) is -2.12. The Balaban J connectivity index is 2.91. The number of nitrogens with one attached hydrogen (secondary N) is 6. The number of thioether (sulfide) groups is 2. The Morgan fingerprint density at radius 2 is 1.34 bits per heavy atom. The van der Waals surface area contributed by atoms with Crippen LogP contribution in [-0.4, -0.2) is 229 Å². The van der Waals surface area contributed by atoms with Gasteiger partial charge in [-0.1, -0.05) is 20.3 Å². The maximum absolute atomic E-state index is 13.3. The lowest BCUT2D eigenvalue weighted by molar-refractivity contribution is -0.264. The van der Waals surface area contributed by atoms with Gasteiger partial charge in [-0.05, 0) is 26.2 Å². The van der Waals surface area contributed by atoms with Crippen molar-refractivity contribution in [2.45, 2.75) is 147 Å². The van der Waals surface area contributed by atoms with E-state index in [0.717, 1.165) is 18.2 Å². The molecule has 1 heterocycles. The van der Waals surface area contributed by atoms with Crippen LogP contribution >= 0.6 is 23.5 Å². The molecule has 9 unspecified atom stereocenters. The van der Waals surface area contributed by atoms with Crippen LogP contribution in [0.4, 0.5) is 0 Å². The third-order valence-electron chi connectivity index (χ3n) is 11.0. The molecule has 11 atom stereocenters. The smallest absolute Gasteiger partial charge is 0.222 e. The highest BCUT2D eigenvalue weighted by Crippen LogP contribution is 2.23. The van der Waals surface area contributed by atoms with E-state index < -0.39 is 104 Å².